The summed E-state index contributed by atoms with van der Waals surface area (Å²) >= 11 is 0. The summed E-state index contributed by atoms with van der Waals surface area (Å²) in [7, 11) is 0. The van der Waals surface area contributed by atoms with Crippen molar-refractivity contribution in [2.75, 3.05) is 13.2 Å². The number of halogens is 2. The number of nitrogens with one attached hydrogen (secondary N) is 1. The van der Waals surface area contributed by atoms with E-state index in [1.165, 1.54) is 6.07 Å². The van der Waals surface area contributed by atoms with Crippen LogP contribution in [0.5, 0.6) is 0 Å². The van der Waals surface area contributed by atoms with Gasteiger partial charge in [-0.1, -0.05) is 6.07 Å². The molecular formula is C12H13F2NO3. The number of hydrogen-bond donors (Lipinski definition) is 1. The molecule has 18 heavy (non-hydrogen) atoms. The maximum atomic E-state index is 13.2. The maximum Gasteiger partial charge on any atom is 0.307 e. The van der Waals surface area contributed by atoms with Crippen molar-refractivity contribution >= 4 is 11.9 Å². The second-order valence-electron chi connectivity index (χ2n) is 3.41. The molecule has 98 valence electrons. The Morgan fingerprint density at radius 3 is 2.72 bits per heavy atom. The Morgan fingerprint density at radius 2 is 2.06 bits per heavy atom. The molecule has 0 fully saturated rings. The van der Waals surface area contributed by atoms with Crippen LogP contribution in [0.15, 0.2) is 18.2 Å². The van der Waals surface area contributed by atoms with Crippen LogP contribution in [0, 0.1) is 11.6 Å². The van der Waals surface area contributed by atoms with E-state index in [4.69, 9.17) is 0 Å². The van der Waals surface area contributed by atoms with E-state index in [1.54, 1.807) is 6.92 Å². The lowest BCUT2D eigenvalue weighted by Crippen LogP contribution is -2.27. The van der Waals surface area contributed by atoms with Crippen LogP contribution < -0.4 is 5.32 Å². The molecule has 0 saturated carbocycles. The number of hydrogen-bond acceptors (Lipinski definition) is 3. The van der Waals surface area contributed by atoms with E-state index in [1.807, 2.05) is 0 Å². The van der Waals surface area contributed by atoms with Crippen molar-refractivity contribution in [2.45, 2.75) is 13.3 Å². The molecule has 0 saturated heterocycles. The highest BCUT2D eigenvalue weighted by molar-refractivity contribution is 5.94. The standard InChI is InChI=1S/C12H13F2NO3/c1-2-18-10(16)6-7-15-12(17)8-4-3-5-9(13)11(8)14/h3-5H,2,6-7H2,1H3,(H,15,17). The molecule has 0 unspecified atom stereocenters. The largest absolute Gasteiger partial charge is 0.466 e. The first kappa shape index (κ1) is 14.1. The second kappa shape index (κ2) is 6.68. The summed E-state index contributed by atoms with van der Waals surface area (Å²) in [5.74, 6) is -3.52. The van der Waals surface area contributed by atoms with E-state index in [-0.39, 0.29) is 25.1 Å². The van der Waals surface area contributed by atoms with Gasteiger partial charge in [0, 0.05) is 6.54 Å². The van der Waals surface area contributed by atoms with Gasteiger partial charge in [-0.2, -0.15) is 0 Å². The molecule has 0 bridgehead atoms. The molecule has 0 spiro atoms. The SMILES string of the molecule is CCOC(=O)CCNC(=O)c1cccc(F)c1F. The van der Waals surface area contributed by atoms with E-state index in [2.05, 4.69) is 10.1 Å². The Balaban J connectivity index is 2.51. The topological polar surface area (TPSA) is 55.4 Å². The highest BCUT2D eigenvalue weighted by atomic mass is 19.2. The molecule has 1 N–H and O–H groups in total. The number of amides is 1. The summed E-state index contributed by atoms with van der Waals surface area (Å²) in [6, 6.07) is 3.32. The third-order valence-corrected chi connectivity index (χ3v) is 2.12. The molecule has 6 heteroatoms. The Hall–Kier alpha value is -1.98. The molecule has 0 aliphatic heterocycles. The van der Waals surface area contributed by atoms with Crippen molar-refractivity contribution in [2.24, 2.45) is 0 Å². The van der Waals surface area contributed by atoms with Crippen molar-refractivity contribution in [3.8, 4) is 0 Å². The fraction of sp³-hybridized carbons (Fsp3) is 0.333. The van der Waals surface area contributed by atoms with Gasteiger partial charge in [0.15, 0.2) is 11.6 Å². The summed E-state index contributed by atoms with van der Waals surface area (Å²) in [4.78, 5) is 22.5. The lowest BCUT2D eigenvalue weighted by atomic mass is 10.2. The third-order valence-electron chi connectivity index (χ3n) is 2.12. The van der Waals surface area contributed by atoms with Crippen molar-refractivity contribution in [3.05, 3.63) is 35.4 Å². The van der Waals surface area contributed by atoms with Gasteiger partial charge in [0.2, 0.25) is 0 Å². The van der Waals surface area contributed by atoms with Crippen LogP contribution in [0.1, 0.15) is 23.7 Å². The van der Waals surface area contributed by atoms with Gasteiger partial charge < -0.3 is 10.1 Å². The zero-order valence-corrected chi connectivity index (χ0v) is 9.83. The predicted octanol–water partition coefficient (Wildman–Crippen LogP) is 1.65. The molecule has 4 nitrogen and oxygen atoms in total. The first-order chi connectivity index (χ1) is 8.56. The number of esters is 1. The Labute approximate surface area is 103 Å². The highest BCUT2D eigenvalue weighted by Crippen LogP contribution is 2.10. The van der Waals surface area contributed by atoms with Gasteiger partial charge in [-0.05, 0) is 19.1 Å². The number of carbonyl (C=O) groups excluding carboxylic acids is 2. The molecular weight excluding hydrogens is 244 g/mol. The Morgan fingerprint density at radius 1 is 1.33 bits per heavy atom. The number of rotatable bonds is 5. The third kappa shape index (κ3) is 3.80. The minimum Gasteiger partial charge on any atom is -0.466 e. The molecule has 1 rings (SSSR count). The summed E-state index contributed by atoms with van der Waals surface area (Å²) in [6.45, 7) is 1.93. The normalized spacial score (nSPS) is 9.94. The van der Waals surface area contributed by atoms with Gasteiger partial charge in [-0.25, -0.2) is 8.78 Å². The summed E-state index contributed by atoms with van der Waals surface area (Å²) in [5.41, 5.74) is -0.390. The first-order valence-corrected chi connectivity index (χ1v) is 5.44. The molecule has 1 aromatic rings. The highest BCUT2D eigenvalue weighted by Gasteiger charge is 2.14. The van der Waals surface area contributed by atoms with Crippen molar-refractivity contribution in [1.29, 1.82) is 0 Å². The van der Waals surface area contributed by atoms with E-state index in [9.17, 15) is 18.4 Å². The number of ether oxygens (including phenoxy) is 1. The second-order valence-corrected chi connectivity index (χ2v) is 3.41. The smallest absolute Gasteiger partial charge is 0.307 e. The summed E-state index contributed by atoms with van der Waals surface area (Å²) < 4.78 is 30.7. The maximum absolute atomic E-state index is 13.2. The molecule has 0 aromatic heterocycles. The molecule has 0 heterocycles. The molecule has 0 aliphatic rings. The van der Waals surface area contributed by atoms with Crippen LogP contribution in [0.3, 0.4) is 0 Å². The fourth-order valence-corrected chi connectivity index (χ4v) is 1.29. The van der Waals surface area contributed by atoms with E-state index in [0.717, 1.165) is 12.1 Å². The zero-order chi connectivity index (χ0) is 13.5. The van der Waals surface area contributed by atoms with Crippen LogP contribution in [0.2, 0.25) is 0 Å². The van der Waals surface area contributed by atoms with Crippen LogP contribution in [-0.4, -0.2) is 25.0 Å². The molecule has 0 radical (unpaired) electrons. The van der Waals surface area contributed by atoms with Crippen molar-refractivity contribution in [1.82, 2.24) is 5.32 Å². The van der Waals surface area contributed by atoms with Gasteiger partial charge in [0.05, 0.1) is 18.6 Å². The van der Waals surface area contributed by atoms with Crippen molar-refractivity contribution in [3.63, 3.8) is 0 Å². The van der Waals surface area contributed by atoms with E-state index in [0.29, 0.717) is 0 Å². The Bertz CT molecular complexity index is 449. The van der Waals surface area contributed by atoms with E-state index >= 15 is 0 Å². The lowest BCUT2D eigenvalue weighted by molar-refractivity contribution is -0.142. The molecule has 1 aromatic carbocycles. The van der Waals surface area contributed by atoms with Gasteiger partial charge in [-0.3, -0.25) is 9.59 Å². The molecule has 1 amide bonds. The quantitative estimate of drug-likeness (QED) is 0.816. The number of carbonyl (C=O) groups is 2. The first-order valence-electron chi connectivity index (χ1n) is 5.44. The minimum absolute atomic E-state index is 0.00756. The van der Waals surface area contributed by atoms with Crippen molar-refractivity contribution < 1.29 is 23.1 Å². The average Bonchev–Trinajstić information content (AvgIpc) is 2.33. The number of benzene rings is 1. The zero-order valence-electron chi connectivity index (χ0n) is 9.83. The summed E-state index contributed by atoms with van der Waals surface area (Å²) in [6.07, 6.45) is -0.0173. The van der Waals surface area contributed by atoms with Gasteiger partial charge >= 0.3 is 5.97 Å². The average molecular weight is 257 g/mol. The van der Waals surface area contributed by atoms with Gasteiger partial charge in [-0.15, -0.1) is 0 Å². The summed E-state index contributed by atoms with van der Waals surface area (Å²) in [5, 5.41) is 2.31. The van der Waals surface area contributed by atoms with Crippen LogP contribution in [0.4, 0.5) is 8.78 Å². The monoisotopic (exact) mass is 257 g/mol. The fourth-order valence-electron chi connectivity index (χ4n) is 1.29. The van der Waals surface area contributed by atoms with Gasteiger partial charge in [0.1, 0.15) is 0 Å². The molecule has 0 atom stereocenters. The Kier molecular flexibility index (Phi) is 5.23. The lowest BCUT2D eigenvalue weighted by Gasteiger charge is -2.06. The van der Waals surface area contributed by atoms with Crippen LogP contribution >= 0.6 is 0 Å². The predicted molar refractivity (Wildman–Crippen MR) is 59.9 cm³/mol. The van der Waals surface area contributed by atoms with E-state index < -0.39 is 23.5 Å². The minimum atomic E-state index is -1.20. The van der Waals surface area contributed by atoms with Crippen LogP contribution in [0.25, 0.3) is 0 Å². The molecule has 0 aliphatic carbocycles. The van der Waals surface area contributed by atoms with Gasteiger partial charge in [0.25, 0.3) is 5.91 Å². The van der Waals surface area contributed by atoms with Crippen LogP contribution in [-0.2, 0) is 9.53 Å².